The van der Waals surface area contributed by atoms with E-state index in [1.54, 1.807) is 12.1 Å². The van der Waals surface area contributed by atoms with Crippen molar-refractivity contribution in [2.45, 2.75) is 25.0 Å². The van der Waals surface area contributed by atoms with E-state index in [9.17, 15) is 15.0 Å². The number of carbonyl (C=O) groups is 1. The van der Waals surface area contributed by atoms with Gasteiger partial charge in [0.1, 0.15) is 12.7 Å². The van der Waals surface area contributed by atoms with Gasteiger partial charge in [0.05, 0.1) is 25.9 Å². The number of piperidine rings is 1. The third-order valence-electron chi connectivity index (χ3n) is 3.97. The fourth-order valence-corrected chi connectivity index (χ4v) is 2.77. The first-order valence-corrected chi connectivity index (χ1v) is 8.01. The molecule has 2 atom stereocenters. The number of carbonyl (C=O) groups excluding carboxylic acids is 1. The summed E-state index contributed by atoms with van der Waals surface area (Å²) in [4.78, 5) is 13.5. The smallest absolute Gasteiger partial charge is 0.337 e. The Labute approximate surface area is 141 Å². The van der Waals surface area contributed by atoms with E-state index in [1.807, 2.05) is 4.90 Å². The van der Waals surface area contributed by atoms with E-state index >= 15 is 0 Å². The van der Waals surface area contributed by atoms with Crippen LogP contribution in [-0.2, 0) is 4.74 Å². The molecule has 0 aliphatic carbocycles. The summed E-state index contributed by atoms with van der Waals surface area (Å²) < 4.78 is 15.5. The molecule has 1 aromatic carbocycles. The lowest BCUT2D eigenvalue weighted by atomic mass is 10.1. The number of hydrogen-bond donors (Lipinski definition) is 2. The number of aliphatic hydroxyl groups excluding tert-OH is 2. The number of likely N-dealkylation sites (tertiary alicyclic amines) is 1. The molecule has 1 aromatic rings. The molecule has 0 spiro atoms. The Bertz CT molecular complexity index is 550. The Balaban J connectivity index is 1.89. The molecule has 2 N–H and O–H groups in total. The number of hydrogen-bond acceptors (Lipinski definition) is 7. The van der Waals surface area contributed by atoms with E-state index in [0.29, 0.717) is 30.2 Å². The predicted octanol–water partition coefficient (Wildman–Crippen LogP) is 0.678. The summed E-state index contributed by atoms with van der Waals surface area (Å²) >= 11 is 0. The lowest BCUT2D eigenvalue weighted by Gasteiger charge is -2.31. The zero-order chi connectivity index (χ0) is 17.5. The highest BCUT2D eigenvalue weighted by Gasteiger charge is 2.20. The van der Waals surface area contributed by atoms with Crippen LogP contribution in [0.15, 0.2) is 18.2 Å². The van der Waals surface area contributed by atoms with Gasteiger partial charge in [-0.3, -0.25) is 4.90 Å². The van der Waals surface area contributed by atoms with Gasteiger partial charge in [-0.15, -0.1) is 0 Å². The van der Waals surface area contributed by atoms with Crippen LogP contribution >= 0.6 is 0 Å². The van der Waals surface area contributed by atoms with Crippen molar-refractivity contribution in [3.8, 4) is 11.5 Å². The maximum absolute atomic E-state index is 11.5. The summed E-state index contributed by atoms with van der Waals surface area (Å²) in [6.07, 6.45) is 0.739. The van der Waals surface area contributed by atoms with E-state index in [0.717, 1.165) is 19.4 Å². The van der Waals surface area contributed by atoms with Crippen molar-refractivity contribution in [1.82, 2.24) is 4.90 Å². The Hall–Kier alpha value is -1.83. The second-order valence-electron chi connectivity index (χ2n) is 5.88. The zero-order valence-electron chi connectivity index (χ0n) is 14.1. The van der Waals surface area contributed by atoms with Crippen molar-refractivity contribution in [1.29, 1.82) is 0 Å². The third-order valence-corrected chi connectivity index (χ3v) is 3.97. The van der Waals surface area contributed by atoms with Crippen LogP contribution in [0.5, 0.6) is 11.5 Å². The van der Waals surface area contributed by atoms with E-state index < -0.39 is 12.1 Å². The van der Waals surface area contributed by atoms with Gasteiger partial charge in [0, 0.05) is 13.1 Å². The highest BCUT2D eigenvalue weighted by atomic mass is 16.5. The Morgan fingerprint density at radius 2 is 2.17 bits per heavy atom. The van der Waals surface area contributed by atoms with Gasteiger partial charge in [-0.05, 0) is 37.6 Å². The summed E-state index contributed by atoms with van der Waals surface area (Å²) in [6, 6.07) is 4.73. The van der Waals surface area contributed by atoms with E-state index in [-0.39, 0.29) is 12.7 Å². The van der Waals surface area contributed by atoms with E-state index in [1.165, 1.54) is 20.3 Å². The topological polar surface area (TPSA) is 88.5 Å². The van der Waals surface area contributed by atoms with Gasteiger partial charge in [-0.1, -0.05) is 0 Å². The molecule has 1 heterocycles. The molecule has 7 nitrogen and oxygen atoms in total. The number of rotatable bonds is 7. The number of nitrogens with zero attached hydrogens (tertiary/aromatic N) is 1. The lowest BCUT2D eigenvalue weighted by molar-refractivity contribution is 0.0239. The fraction of sp³-hybridized carbons (Fsp3) is 0.588. The lowest BCUT2D eigenvalue weighted by Crippen LogP contribution is -2.43. The number of ether oxygens (including phenoxy) is 3. The van der Waals surface area contributed by atoms with Gasteiger partial charge in [0.2, 0.25) is 0 Å². The maximum atomic E-state index is 11.5. The second kappa shape index (κ2) is 8.86. The first kappa shape index (κ1) is 18.5. The van der Waals surface area contributed by atoms with Crippen LogP contribution in [0.2, 0.25) is 0 Å². The molecular weight excluding hydrogens is 314 g/mol. The molecule has 24 heavy (non-hydrogen) atoms. The van der Waals surface area contributed by atoms with Crippen LogP contribution in [0.1, 0.15) is 23.2 Å². The van der Waals surface area contributed by atoms with Crippen molar-refractivity contribution < 1.29 is 29.2 Å². The normalized spacial score (nSPS) is 19.6. The molecule has 7 heteroatoms. The van der Waals surface area contributed by atoms with Crippen LogP contribution in [-0.4, -0.2) is 73.8 Å². The minimum Gasteiger partial charge on any atom is -0.493 e. The molecule has 1 aliphatic rings. The fourth-order valence-electron chi connectivity index (χ4n) is 2.77. The van der Waals surface area contributed by atoms with Crippen molar-refractivity contribution >= 4 is 5.97 Å². The molecule has 1 saturated heterocycles. The molecule has 134 valence electrons. The average molecular weight is 339 g/mol. The zero-order valence-corrected chi connectivity index (χ0v) is 14.1. The largest absolute Gasteiger partial charge is 0.493 e. The SMILES string of the molecule is COC(=O)c1ccc(OCC(O)CN2CCCC(O)C2)c(OC)c1. The Morgan fingerprint density at radius 1 is 1.38 bits per heavy atom. The molecule has 1 aliphatic heterocycles. The number of β-amino-alcohol motifs (C(OH)–C–C–N with tert-alkyl or cyclic N) is 2. The third kappa shape index (κ3) is 5.09. The molecule has 0 amide bonds. The van der Waals surface area contributed by atoms with Crippen LogP contribution in [0.4, 0.5) is 0 Å². The van der Waals surface area contributed by atoms with Crippen molar-refractivity contribution in [3.05, 3.63) is 23.8 Å². The first-order valence-electron chi connectivity index (χ1n) is 8.01. The quantitative estimate of drug-likeness (QED) is 0.706. The average Bonchev–Trinajstić information content (AvgIpc) is 2.59. The Morgan fingerprint density at radius 3 is 2.83 bits per heavy atom. The molecule has 2 rings (SSSR count). The van der Waals surface area contributed by atoms with Gasteiger partial charge in [0.25, 0.3) is 0 Å². The number of benzene rings is 1. The minimum atomic E-state index is -0.680. The monoisotopic (exact) mass is 339 g/mol. The second-order valence-corrected chi connectivity index (χ2v) is 5.88. The van der Waals surface area contributed by atoms with Gasteiger partial charge < -0.3 is 24.4 Å². The number of aliphatic hydroxyl groups is 2. The van der Waals surface area contributed by atoms with Crippen LogP contribution < -0.4 is 9.47 Å². The molecule has 0 bridgehead atoms. The predicted molar refractivity (Wildman–Crippen MR) is 87.5 cm³/mol. The van der Waals surface area contributed by atoms with Gasteiger partial charge in [-0.2, -0.15) is 0 Å². The first-order chi connectivity index (χ1) is 11.5. The highest BCUT2D eigenvalue weighted by Crippen LogP contribution is 2.28. The number of methoxy groups -OCH3 is 2. The van der Waals surface area contributed by atoms with Crippen LogP contribution in [0.3, 0.4) is 0 Å². The molecule has 0 saturated carbocycles. The maximum Gasteiger partial charge on any atom is 0.337 e. The summed E-state index contributed by atoms with van der Waals surface area (Å²) in [5.74, 6) is 0.393. The van der Waals surface area contributed by atoms with Crippen molar-refractivity contribution in [3.63, 3.8) is 0 Å². The van der Waals surface area contributed by atoms with Gasteiger partial charge in [-0.25, -0.2) is 4.79 Å². The van der Waals surface area contributed by atoms with E-state index in [4.69, 9.17) is 9.47 Å². The molecule has 2 unspecified atom stereocenters. The van der Waals surface area contributed by atoms with E-state index in [2.05, 4.69) is 4.74 Å². The minimum absolute atomic E-state index is 0.0977. The Kier molecular flexibility index (Phi) is 6.84. The molecule has 0 aromatic heterocycles. The molecule has 1 fully saturated rings. The molecular formula is C17H25NO6. The summed E-state index contributed by atoms with van der Waals surface area (Å²) in [7, 11) is 2.79. The van der Waals surface area contributed by atoms with Gasteiger partial charge >= 0.3 is 5.97 Å². The van der Waals surface area contributed by atoms with Crippen LogP contribution in [0.25, 0.3) is 0 Å². The summed E-state index contributed by atoms with van der Waals surface area (Å²) in [5.41, 5.74) is 0.365. The summed E-state index contributed by atoms with van der Waals surface area (Å²) in [5, 5.41) is 19.8. The van der Waals surface area contributed by atoms with Crippen molar-refractivity contribution in [2.24, 2.45) is 0 Å². The number of esters is 1. The van der Waals surface area contributed by atoms with Crippen LogP contribution in [0, 0.1) is 0 Å². The molecule has 0 radical (unpaired) electrons. The standard InChI is InChI=1S/C17H25NO6/c1-22-16-8-12(17(21)23-2)5-6-15(16)24-11-14(20)10-18-7-3-4-13(19)9-18/h5-6,8,13-14,19-20H,3-4,7,9-11H2,1-2H3. The van der Waals surface area contributed by atoms with Crippen molar-refractivity contribution in [2.75, 3.05) is 40.5 Å². The summed E-state index contributed by atoms with van der Waals surface area (Å²) in [6.45, 7) is 1.99. The van der Waals surface area contributed by atoms with Gasteiger partial charge in [0.15, 0.2) is 11.5 Å². The highest BCUT2D eigenvalue weighted by molar-refractivity contribution is 5.90.